The van der Waals surface area contributed by atoms with E-state index in [4.69, 9.17) is 5.73 Å². The Kier molecular flexibility index (Phi) is 2.45. The average Bonchev–Trinajstić information content (AvgIpc) is 1.99. The van der Waals surface area contributed by atoms with Crippen LogP contribution in [0.15, 0.2) is 0 Å². The summed E-state index contributed by atoms with van der Waals surface area (Å²) in [6.45, 7) is 1.64. The third-order valence-electron chi connectivity index (χ3n) is 1.74. The van der Waals surface area contributed by atoms with Gasteiger partial charge in [-0.25, -0.2) is 0 Å². The molecule has 1 heterocycles. The van der Waals surface area contributed by atoms with Crippen molar-refractivity contribution in [2.75, 3.05) is 13.1 Å². The SMILES string of the molecule is N[C@H]1CCCNC[C@H]1O. The van der Waals surface area contributed by atoms with Gasteiger partial charge in [-0.15, -0.1) is 0 Å². The van der Waals surface area contributed by atoms with Gasteiger partial charge in [0.2, 0.25) is 0 Å². The summed E-state index contributed by atoms with van der Waals surface area (Å²) >= 11 is 0. The Morgan fingerprint density at radius 1 is 1.56 bits per heavy atom. The third-order valence-corrected chi connectivity index (χ3v) is 1.74. The second-order valence-corrected chi connectivity index (χ2v) is 2.58. The first-order valence-corrected chi connectivity index (χ1v) is 3.45. The molecule has 0 aromatic carbocycles. The van der Waals surface area contributed by atoms with Crippen LogP contribution >= 0.6 is 0 Å². The van der Waals surface area contributed by atoms with Crippen LogP contribution in [0.5, 0.6) is 0 Å². The highest BCUT2D eigenvalue weighted by Gasteiger charge is 2.16. The van der Waals surface area contributed by atoms with Crippen molar-refractivity contribution in [3.8, 4) is 0 Å². The molecule has 0 bridgehead atoms. The molecule has 1 rings (SSSR count). The molecule has 0 amide bonds. The molecule has 1 aliphatic heterocycles. The largest absolute Gasteiger partial charge is 0.390 e. The fourth-order valence-corrected chi connectivity index (χ4v) is 1.06. The lowest BCUT2D eigenvalue weighted by Crippen LogP contribution is -2.38. The molecule has 4 N–H and O–H groups in total. The molecule has 3 nitrogen and oxygen atoms in total. The van der Waals surface area contributed by atoms with Crippen molar-refractivity contribution in [1.82, 2.24) is 5.32 Å². The quantitative estimate of drug-likeness (QED) is 0.396. The first-order valence-electron chi connectivity index (χ1n) is 3.45. The Bertz CT molecular complexity index is 77.1. The average molecular weight is 130 g/mol. The van der Waals surface area contributed by atoms with E-state index in [-0.39, 0.29) is 12.1 Å². The summed E-state index contributed by atoms with van der Waals surface area (Å²) in [6.07, 6.45) is 1.68. The number of nitrogens with two attached hydrogens (primary N) is 1. The fraction of sp³-hybridized carbons (Fsp3) is 1.00. The number of hydrogen-bond acceptors (Lipinski definition) is 3. The maximum atomic E-state index is 9.17. The molecule has 0 spiro atoms. The van der Waals surface area contributed by atoms with E-state index in [2.05, 4.69) is 5.32 Å². The molecule has 0 saturated carbocycles. The van der Waals surface area contributed by atoms with E-state index in [0.29, 0.717) is 6.54 Å². The van der Waals surface area contributed by atoms with Crippen molar-refractivity contribution >= 4 is 0 Å². The van der Waals surface area contributed by atoms with Crippen molar-refractivity contribution in [2.45, 2.75) is 25.0 Å². The minimum Gasteiger partial charge on any atom is -0.390 e. The first-order chi connectivity index (χ1) is 4.30. The van der Waals surface area contributed by atoms with Crippen LogP contribution in [0, 0.1) is 0 Å². The molecule has 0 unspecified atom stereocenters. The van der Waals surface area contributed by atoms with E-state index < -0.39 is 0 Å². The van der Waals surface area contributed by atoms with Gasteiger partial charge >= 0.3 is 0 Å². The van der Waals surface area contributed by atoms with E-state index in [1.807, 2.05) is 0 Å². The second-order valence-electron chi connectivity index (χ2n) is 2.58. The molecule has 54 valence electrons. The summed E-state index contributed by atoms with van der Waals surface area (Å²) in [5, 5.41) is 12.3. The van der Waals surface area contributed by atoms with E-state index in [0.717, 1.165) is 19.4 Å². The van der Waals surface area contributed by atoms with Gasteiger partial charge in [0.1, 0.15) is 0 Å². The van der Waals surface area contributed by atoms with Gasteiger partial charge in [-0.05, 0) is 19.4 Å². The van der Waals surface area contributed by atoms with Crippen molar-refractivity contribution in [1.29, 1.82) is 0 Å². The van der Waals surface area contributed by atoms with Gasteiger partial charge in [0.25, 0.3) is 0 Å². The highest BCUT2D eigenvalue weighted by Crippen LogP contribution is 2.01. The summed E-state index contributed by atoms with van der Waals surface area (Å²) in [6, 6.07) is -0.0139. The van der Waals surface area contributed by atoms with Crippen molar-refractivity contribution in [3.05, 3.63) is 0 Å². The predicted molar refractivity (Wildman–Crippen MR) is 36.1 cm³/mol. The standard InChI is InChI=1S/C6H14N2O/c7-5-2-1-3-8-4-6(5)9/h5-6,8-9H,1-4,7H2/t5-,6+/m0/s1. The van der Waals surface area contributed by atoms with Crippen LogP contribution in [0.25, 0.3) is 0 Å². The van der Waals surface area contributed by atoms with Gasteiger partial charge in [0, 0.05) is 12.6 Å². The van der Waals surface area contributed by atoms with E-state index in [1.165, 1.54) is 0 Å². The summed E-state index contributed by atoms with van der Waals surface area (Å²) in [5.74, 6) is 0. The van der Waals surface area contributed by atoms with Crippen molar-refractivity contribution in [2.24, 2.45) is 5.73 Å². The topological polar surface area (TPSA) is 58.3 Å². The maximum absolute atomic E-state index is 9.17. The summed E-state index contributed by atoms with van der Waals surface area (Å²) < 4.78 is 0. The van der Waals surface area contributed by atoms with Gasteiger partial charge in [0.05, 0.1) is 6.10 Å². The summed E-state index contributed by atoms with van der Waals surface area (Å²) in [5.41, 5.74) is 5.59. The normalized spacial score (nSPS) is 38.0. The Labute approximate surface area is 55.2 Å². The van der Waals surface area contributed by atoms with E-state index in [9.17, 15) is 5.11 Å². The van der Waals surface area contributed by atoms with Gasteiger partial charge in [-0.1, -0.05) is 0 Å². The Hall–Kier alpha value is -0.120. The van der Waals surface area contributed by atoms with Crippen LogP contribution in [0.3, 0.4) is 0 Å². The zero-order valence-corrected chi connectivity index (χ0v) is 5.51. The van der Waals surface area contributed by atoms with E-state index in [1.54, 1.807) is 0 Å². The molecule has 1 fully saturated rings. The highest BCUT2D eigenvalue weighted by molar-refractivity contribution is 4.77. The molecular weight excluding hydrogens is 116 g/mol. The Balaban J connectivity index is 2.32. The smallest absolute Gasteiger partial charge is 0.0815 e. The molecule has 9 heavy (non-hydrogen) atoms. The number of β-amino-alcohol motifs (C(OH)–C–C–N with tert-alkyl or cyclic N) is 1. The predicted octanol–water partition coefficient (Wildman–Crippen LogP) is -0.942. The monoisotopic (exact) mass is 130 g/mol. The van der Waals surface area contributed by atoms with Crippen LogP contribution in [0.2, 0.25) is 0 Å². The zero-order chi connectivity index (χ0) is 6.69. The fourth-order valence-electron chi connectivity index (χ4n) is 1.06. The Morgan fingerprint density at radius 2 is 2.33 bits per heavy atom. The molecule has 0 aliphatic carbocycles. The minimum absolute atomic E-state index is 0.0139. The zero-order valence-electron chi connectivity index (χ0n) is 5.51. The lowest BCUT2D eigenvalue weighted by Gasteiger charge is -2.13. The lowest BCUT2D eigenvalue weighted by molar-refractivity contribution is 0.148. The highest BCUT2D eigenvalue weighted by atomic mass is 16.3. The maximum Gasteiger partial charge on any atom is 0.0815 e. The molecule has 0 aromatic rings. The van der Waals surface area contributed by atoms with Crippen LogP contribution in [-0.4, -0.2) is 30.3 Å². The summed E-state index contributed by atoms with van der Waals surface area (Å²) in [7, 11) is 0. The molecule has 0 aromatic heterocycles. The van der Waals surface area contributed by atoms with Crippen LogP contribution in [0.1, 0.15) is 12.8 Å². The molecular formula is C6H14N2O. The van der Waals surface area contributed by atoms with Crippen molar-refractivity contribution in [3.63, 3.8) is 0 Å². The van der Waals surface area contributed by atoms with Gasteiger partial charge < -0.3 is 16.2 Å². The van der Waals surface area contributed by atoms with E-state index >= 15 is 0 Å². The van der Waals surface area contributed by atoms with Gasteiger partial charge in [0.15, 0.2) is 0 Å². The van der Waals surface area contributed by atoms with Crippen LogP contribution < -0.4 is 11.1 Å². The number of hydrogen-bond donors (Lipinski definition) is 3. The minimum atomic E-state index is -0.340. The number of aliphatic hydroxyl groups is 1. The number of nitrogens with one attached hydrogen (secondary N) is 1. The van der Waals surface area contributed by atoms with Gasteiger partial charge in [-0.3, -0.25) is 0 Å². The second kappa shape index (κ2) is 3.15. The van der Waals surface area contributed by atoms with Crippen LogP contribution in [-0.2, 0) is 0 Å². The number of rotatable bonds is 0. The first kappa shape index (κ1) is 6.99. The molecule has 0 radical (unpaired) electrons. The van der Waals surface area contributed by atoms with Crippen molar-refractivity contribution < 1.29 is 5.11 Å². The summed E-state index contributed by atoms with van der Waals surface area (Å²) in [4.78, 5) is 0. The van der Waals surface area contributed by atoms with Crippen LogP contribution in [0.4, 0.5) is 0 Å². The molecule has 1 saturated heterocycles. The third kappa shape index (κ3) is 1.93. The molecule has 2 atom stereocenters. The molecule has 3 heteroatoms. The van der Waals surface area contributed by atoms with Gasteiger partial charge in [-0.2, -0.15) is 0 Å². The Morgan fingerprint density at radius 3 is 3.11 bits per heavy atom. The lowest BCUT2D eigenvalue weighted by atomic mass is 10.1. The molecule has 1 aliphatic rings. The number of aliphatic hydroxyl groups excluding tert-OH is 1.